The van der Waals surface area contributed by atoms with E-state index in [2.05, 4.69) is 5.32 Å². The van der Waals surface area contributed by atoms with Gasteiger partial charge in [0.05, 0.1) is 12.0 Å². The number of amides is 1. The first-order valence-corrected chi connectivity index (χ1v) is 4.99. The summed E-state index contributed by atoms with van der Waals surface area (Å²) in [7, 11) is 1.60. The average molecular weight is 202 g/mol. The smallest absolute Gasteiger partial charge is 0.223 e. The molecule has 0 rings (SSSR count). The molecule has 1 unspecified atom stereocenters. The van der Waals surface area contributed by atoms with Crippen molar-refractivity contribution in [1.82, 2.24) is 5.32 Å². The molecule has 0 saturated carbocycles. The maximum Gasteiger partial charge on any atom is 0.223 e. The molecule has 1 atom stereocenters. The maximum atomic E-state index is 11.5. The Labute approximate surface area is 86.2 Å². The number of ether oxygens (including phenoxy) is 1. The molecule has 3 N–H and O–H groups in total. The van der Waals surface area contributed by atoms with Gasteiger partial charge < -0.3 is 15.8 Å². The van der Waals surface area contributed by atoms with Crippen molar-refractivity contribution < 1.29 is 9.53 Å². The standard InChI is InChI=1S/C10H22N2O2/c1-5-8(7-11)12-9(13)6-10(2,3)14-4/h8H,5-7,11H2,1-4H3,(H,12,13). The van der Waals surface area contributed by atoms with Crippen LogP contribution in [-0.2, 0) is 9.53 Å². The van der Waals surface area contributed by atoms with E-state index in [0.29, 0.717) is 13.0 Å². The van der Waals surface area contributed by atoms with Crippen LogP contribution in [0.15, 0.2) is 0 Å². The molecule has 4 nitrogen and oxygen atoms in total. The van der Waals surface area contributed by atoms with Crippen LogP contribution in [0.4, 0.5) is 0 Å². The first-order valence-electron chi connectivity index (χ1n) is 4.99. The minimum absolute atomic E-state index is 0.00542. The van der Waals surface area contributed by atoms with Crippen molar-refractivity contribution in [3.05, 3.63) is 0 Å². The summed E-state index contributed by atoms with van der Waals surface area (Å²) in [6, 6.07) is 0.0788. The quantitative estimate of drug-likeness (QED) is 0.665. The molecule has 0 aromatic carbocycles. The van der Waals surface area contributed by atoms with Gasteiger partial charge in [0.15, 0.2) is 0 Å². The van der Waals surface area contributed by atoms with Gasteiger partial charge in [0.1, 0.15) is 0 Å². The molecule has 84 valence electrons. The molecule has 0 fully saturated rings. The van der Waals surface area contributed by atoms with Crippen molar-refractivity contribution in [2.24, 2.45) is 5.73 Å². The summed E-state index contributed by atoms with van der Waals surface area (Å²) in [5, 5.41) is 2.86. The first-order chi connectivity index (χ1) is 6.45. The molecule has 1 amide bonds. The van der Waals surface area contributed by atoms with Gasteiger partial charge in [-0.3, -0.25) is 4.79 Å². The number of carbonyl (C=O) groups excluding carboxylic acids is 1. The number of nitrogens with two attached hydrogens (primary N) is 1. The van der Waals surface area contributed by atoms with Gasteiger partial charge in [-0.1, -0.05) is 6.92 Å². The van der Waals surface area contributed by atoms with E-state index in [-0.39, 0.29) is 11.9 Å². The molecular formula is C10H22N2O2. The predicted octanol–water partition coefficient (Wildman–Crippen LogP) is 0.655. The predicted molar refractivity (Wildman–Crippen MR) is 57.0 cm³/mol. The molecule has 0 aliphatic carbocycles. The Kier molecular flexibility index (Phi) is 5.72. The van der Waals surface area contributed by atoms with Gasteiger partial charge in [0, 0.05) is 19.7 Å². The second-order valence-electron chi connectivity index (χ2n) is 4.05. The summed E-state index contributed by atoms with van der Waals surface area (Å²) in [5.74, 6) is -0.00542. The highest BCUT2D eigenvalue weighted by atomic mass is 16.5. The molecule has 4 heteroatoms. The normalized spacial score (nSPS) is 13.8. The van der Waals surface area contributed by atoms with Gasteiger partial charge in [0.25, 0.3) is 0 Å². The fourth-order valence-electron chi connectivity index (χ4n) is 1.07. The lowest BCUT2D eigenvalue weighted by Gasteiger charge is -2.23. The summed E-state index contributed by atoms with van der Waals surface area (Å²) < 4.78 is 5.17. The number of hydrogen-bond acceptors (Lipinski definition) is 3. The molecule has 0 saturated heterocycles. The zero-order valence-corrected chi connectivity index (χ0v) is 9.59. The molecule has 0 aliphatic heterocycles. The van der Waals surface area contributed by atoms with Gasteiger partial charge in [-0.05, 0) is 20.3 Å². The molecule has 0 radical (unpaired) electrons. The monoisotopic (exact) mass is 202 g/mol. The lowest BCUT2D eigenvalue weighted by molar-refractivity contribution is -0.126. The first kappa shape index (κ1) is 13.4. The summed E-state index contributed by atoms with van der Waals surface area (Å²) in [6.07, 6.45) is 1.22. The summed E-state index contributed by atoms with van der Waals surface area (Å²) >= 11 is 0. The molecule has 14 heavy (non-hydrogen) atoms. The van der Waals surface area contributed by atoms with Crippen molar-refractivity contribution in [3.8, 4) is 0 Å². The van der Waals surface area contributed by atoms with Gasteiger partial charge >= 0.3 is 0 Å². The fraction of sp³-hybridized carbons (Fsp3) is 0.900. The van der Waals surface area contributed by atoms with Crippen molar-refractivity contribution in [1.29, 1.82) is 0 Å². The van der Waals surface area contributed by atoms with E-state index in [1.54, 1.807) is 7.11 Å². The largest absolute Gasteiger partial charge is 0.378 e. The van der Waals surface area contributed by atoms with E-state index in [4.69, 9.17) is 10.5 Å². The molecular weight excluding hydrogens is 180 g/mol. The summed E-state index contributed by atoms with van der Waals surface area (Å²) in [4.78, 5) is 11.5. The highest BCUT2D eigenvalue weighted by molar-refractivity contribution is 5.77. The average Bonchev–Trinajstić information content (AvgIpc) is 2.13. The molecule has 0 aromatic heterocycles. The molecule has 0 bridgehead atoms. The summed E-state index contributed by atoms with van der Waals surface area (Å²) in [6.45, 7) is 6.25. The van der Waals surface area contributed by atoms with E-state index >= 15 is 0 Å². The SMILES string of the molecule is CCC(CN)NC(=O)CC(C)(C)OC. The van der Waals surface area contributed by atoms with Crippen molar-refractivity contribution in [3.63, 3.8) is 0 Å². The maximum absolute atomic E-state index is 11.5. The van der Waals surface area contributed by atoms with Crippen LogP contribution in [0.3, 0.4) is 0 Å². The van der Waals surface area contributed by atoms with Crippen molar-refractivity contribution >= 4 is 5.91 Å². The molecule has 0 aliphatic rings. The topological polar surface area (TPSA) is 64.3 Å². The van der Waals surface area contributed by atoms with Crippen LogP contribution in [0.2, 0.25) is 0 Å². The molecule has 0 aromatic rings. The minimum Gasteiger partial charge on any atom is -0.378 e. The van der Waals surface area contributed by atoms with E-state index in [0.717, 1.165) is 6.42 Å². The number of nitrogens with one attached hydrogen (secondary N) is 1. The van der Waals surface area contributed by atoms with Crippen molar-refractivity contribution in [2.45, 2.75) is 45.3 Å². The number of rotatable bonds is 6. The van der Waals surface area contributed by atoms with E-state index < -0.39 is 5.60 Å². The Morgan fingerprint density at radius 1 is 1.57 bits per heavy atom. The van der Waals surface area contributed by atoms with E-state index in [9.17, 15) is 4.79 Å². The highest BCUT2D eigenvalue weighted by Gasteiger charge is 2.21. The zero-order chi connectivity index (χ0) is 11.2. The van der Waals surface area contributed by atoms with Crippen LogP contribution >= 0.6 is 0 Å². The Morgan fingerprint density at radius 3 is 2.50 bits per heavy atom. The highest BCUT2D eigenvalue weighted by Crippen LogP contribution is 2.12. The third kappa shape index (κ3) is 5.19. The van der Waals surface area contributed by atoms with Crippen LogP contribution < -0.4 is 11.1 Å². The van der Waals surface area contributed by atoms with E-state index in [1.165, 1.54) is 0 Å². The van der Waals surface area contributed by atoms with Crippen LogP contribution in [0, 0.1) is 0 Å². The Balaban J connectivity index is 3.97. The van der Waals surface area contributed by atoms with Gasteiger partial charge in [-0.25, -0.2) is 0 Å². The second kappa shape index (κ2) is 5.98. The van der Waals surface area contributed by atoms with Gasteiger partial charge in [-0.15, -0.1) is 0 Å². The number of methoxy groups -OCH3 is 1. The van der Waals surface area contributed by atoms with Gasteiger partial charge in [0.2, 0.25) is 5.91 Å². The Hall–Kier alpha value is -0.610. The third-order valence-electron chi connectivity index (χ3n) is 2.28. The second-order valence-corrected chi connectivity index (χ2v) is 4.05. The molecule has 0 spiro atoms. The number of carbonyl (C=O) groups is 1. The van der Waals surface area contributed by atoms with Crippen LogP contribution in [0.25, 0.3) is 0 Å². The third-order valence-corrected chi connectivity index (χ3v) is 2.28. The fourth-order valence-corrected chi connectivity index (χ4v) is 1.07. The van der Waals surface area contributed by atoms with Crippen molar-refractivity contribution in [2.75, 3.05) is 13.7 Å². The van der Waals surface area contributed by atoms with Crippen LogP contribution in [0.1, 0.15) is 33.6 Å². The Morgan fingerprint density at radius 2 is 2.14 bits per heavy atom. The number of hydrogen-bond donors (Lipinski definition) is 2. The van der Waals surface area contributed by atoms with Gasteiger partial charge in [-0.2, -0.15) is 0 Å². The lowest BCUT2D eigenvalue weighted by Crippen LogP contribution is -2.42. The Bertz CT molecular complexity index is 177. The minimum atomic E-state index is -0.406. The van der Waals surface area contributed by atoms with Crippen LogP contribution in [-0.4, -0.2) is 31.2 Å². The lowest BCUT2D eigenvalue weighted by atomic mass is 10.0. The zero-order valence-electron chi connectivity index (χ0n) is 9.59. The molecule has 0 heterocycles. The summed E-state index contributed by atoms with van der Waals surface area (Å²) in [5.41, 5.74) is 5.08. The van der Waals surface area contributed by atoms with E-state index in [1.807, 2.05) is 20.8 Å². The van der Waals surface area contributed by atoms with Crippen LogP contribution in [0.5, 0.6) is 0 Å².